The van der Waals surface area contributed by atoms with Crippen LogP contribution in [0.15, 0.2) is 0 Å². The van der Waals surface area contributed by atoms with E-state index in [-0.39, 0.29) is 17.7 Å². The molecular weight excluding hydrogens is 222 g/mol. The summed E-state index contributed by atoms with van der Waals surface area (Å²) in [5, 5.41) is 8.19. The third kappa shape index (κ3) is 12.1. The van der Waals surface area contributed by atoms with E-state index < -0.39 is 12.0 Å². The van der Waals surface area contributed by atoms with E-state index in [1.54, 1.807) is 0 Å². The predicted molar refractivity (Wildman–Crippen MR) is 66.5 cm³/mol. The number of thiol groups is 1. The molecule has 0 aromatic heterocycles. The van der Waals surface area contributed by atoms with Crippen LogP contribution in [-0.4, -0.2) is 22.4 Å². The molecule has 0 rings (SSSR count). The van der Waals surface area contributed by atoms with Gasteiger partial charge in [0.15, 0.2) is 0 Å². The van der Waals surface area contributed by atoms with E-state index >= 15 is 0 Å². The fourth-order valence-corrected chi connectivity index (χ4v) is 1.03. The highest BCUT2D eigenvalue weighted by Gasteiger charge is 2.19. The molecule has 3 N–H and O–H groups in total. The van der Waals surface area contributed by atoms with E-state index in [2.05, 4.69) is 26.5 Å². The number of nitrogens with two attached hydrogens (primary N) is 1. The molecule has 2 unspecified atom stereocenters. The maximum atomic E-state index is 10.2. The van der Waals surface area contributed by atoms with Gasteiger partial charge in [-0.1, -0.05) is 33.6 Å². The van der Waals surface area contributed by atoms with E-state index in [1.165, 1.54) is 6.42 Å². The van der Waals surface area contributed by atoms with E-state index in [4.69, 9.17) is 10.8 Å². The second-order valence-corrected chi connectivity index (χ2v) is 3.59. The first-order chi connectivity index (χ1) is 6.01. The summed E-state index contributed by atoms with van der Waals surface area (Å²) < 4.78 is 0. The van der Waals surface area contributed by atoms with Gasteiger partial charge in [-0.2, -0.15) is 12.6 Å². The van der Waals surface area contributed by atoms with Gasteiger partial charge in [0.2, 0.25) is 0 Å². The Morgan fingerprint density at radius 3 is 2.00 bits per heavy atom. The maximum Gasteiger partial charge on any atom is 0.321 e. The van der Waals surface area contributed by atoms with Crippen molar-refractivity contribution in [1.82, 2.24) is 0 Å². The second-order valence-electron chi connectivity index (χ2n) is 2.93. The number of halogens is 1. The molecule has 0 aromatic rings. The molecule has 0 spiro atoms. The van der Waals surface area contributed by atoms with Crippen LogP contribution < -0.4 is 5.73 Å². The number of carboxylic acid groups (broad SMARTS) is 1. The largest absolute Gasteiger partial charge is 0.480 e. The van der Waals surface area contributed by atoms with E-state index in [1.807, 2.05) is 6.92 Å². The normalized spacial score (nSPS) is 12.9. The molecule has 0 saturated heterocycles. The Balaban J connectivity index is -0.000000267. The van der Waals surface area contributed by atoms with Gasteiger partial charge in [0, 0.05) is 5.25 Å². The molecule has 0 amide bonds. The number of rotatable bonds is 4. The first-order valence-corrected chi connectivity index (χ1v) is 5.19. The summed E-state index contributed by atoms with van der Waals surface area (Å²) in [6, 6.07) is -0.830. The van der Waals surface area contributed by atoms with E-state index in [9.17, 15) is 4.79 Å². The Kier molecular flexibility index (Phi) is 18.3. The van der Waals surface area contributed by atoms with Crippen molar-refractivity contribution in [1.29, 1.82) is 0 Å². The van der Waals surface area contributed by atoms with Gasteiger partial charge >= 0.3 is 5.97 Å². The van der Waals surface area contributed by atoms with Gasteiger partial charge in [-0.25, -0.2) is 0 Å². The minimum Gasteiger partial charge on any atom is -0.480 e. The predicted octanol–water partition coefficient (Wildman–Crippen LogP) is 2.33. The standard InChI is InChI=1S/C6H13NO2S.C3H8.ClH/c1-2-3-4(10)5(7)6(8)9;1-3-2;/h4-5,10H,2-3,7H2,1H3,(H,8,9);3H2,1-2H3;1H. The van der Waals surface area contributed by atoms with E-state index in [0.717, 1.165) is 12.8 Å². The molecule has 2 atom stereocenters. The molecule has 0 saturated carbocycles. The van der Waals surface area contributed by atoms with Gasteiger partial charge in [0.1, 0.15) is 6.04 Å². The monoisotopic (exact) mass is 243 g/mol. The average molecular weight is 244 g/mol. The van der Waals surface area contributed by atoms with Gasteiger partial charge in [-0.3, -0.25) is 4.79 Å². The molecule has 14 heavy (non-hydrogen) atoms. The van der Waals surface area contributed by atoms with Gasteiger partial charge in [0.05, 0.1) is 0 Å². The first-order valence-electron chi connectivity index (χ1n) is 4.67. The molecule has 0 aliphatic rings. The third-order valence-corrected chi connectivity index (χ3v) is 1.86. The molecule has 0 aromatic carbocycles. The fourth-order valence-electron chi connectivity index (χ4n) is 0.640. The summed E-state index contributed by atoms with van der Waals surface area (Å²) in [6.07, 6.45) is 2.91. The minimum absolute atomic E-state index is 0. The lowest BCUT2D eigenvalue weighted by atomic mass is 10.1. The fraction of sp³-hybridized carbons (Fsp3) is 0.889. The van der Waals surface area contributed by atoms with Crippen molar-refractivity contribution in [2.45, 2.75) is 51.3 Å². The molecule has 0 heterocycles. The van der Waals surface area contributed by atoms with Crippen LogP contribution in [0, 0.1) is 0 Å². The zero-order chi connectivity index (χ0) is 10.9. The quantitative estimate of drug-likeness (QED) is 0.664. The Hall–Kier alpha value is 0.0700. The number of hydrogen-bond donors (Lipinski definition) is 3. The third-order valence-electron chi connectivity index (χ3n) is 1.28. The SMILES string of the molecule is CCC.CCCC(S)C(N)C(=O)O.Cl. The van der Waals surface area contributed by atoms with E-state index in [0.29, 0.717) is 0 Å². The Morgan fingerprint density at radius 1 is 1.43 bits per heavy atom. The van der Waals surface area contributed by atoms with Gasteiger partial charge in [-0.05, 0) is 6.42 Å². The summed E-state index contributed by atoms with van der Waals surface area (Å²) >= 11 is 4.04. The molecule has 88 valence electrons. The first kappa shape index (κ1) is 19.6. The number of carbonyl (C=O) groups is 1. The molecule has 0 fully saturated rings. The summed E-state index contributed by atoms with van der Waals surface area (Å²) in [7, 11) is 0. The zero-order valence-corrected chi connectivity index (χ0v) is 10.8. The van der Waals surface area contributed by atoms with Crippen LogP contribution in [0.2, 0.25) is 0 Å². The van der Waals surface area contributed by atoms with Crippen LogP contribution in [0.25, 0.3) is 0 Å². The van der Waals surface area contributed by atoms with Crippen LogP contribution in [0.3, 0.4) is 0 Å². The Labute approximate surface area is 98.3 Å². The summed E-state index contributed by atoms with van der Waals surface area (Å²) in [6.45, 7) is 6.22. The molecule has 3 nitrogen and oxygen atoms in total. The lowest BCUT2D eigenvalue weighted by Crippen LogP contribution is -2.38. The Morgan fingerprint density at radius 2 is 1.79 bits per heavy atom. The van der Waals surface area contributed by atoms with Crippen molar-refractivity contribution in [3.05, 3.63) is 0 Å². The number of hydrogen-bond acceptors (Lipinski definition) is 3. The molecule has 0 aliphatic carbocycles. The summed E-state index contributed by atoms with van der Waals surface area (Å²) in [4.78, 5) is 10.2. The topological polar surface area (TPSA) is 63.3 Å². The average Bonchev–Trinajstić information content (AvgIpc) is 2.04. The van der Waals surface area contributed by atoms with Crippen LogP contribution in [0.4, 0.5) is 0 Å². The summed E-state index contributed by atoms with van der Waals surface area (Å²) in [5.74, 6) is -0.978. The number of carboxylic acids is 1. The zero-order valence-electron chi connectivity index (χ0n) is 9.06. The lowest BCUT2D eigenvalue weighted by molar-refractivity contribution is -0.138. The van der Waals surface area contributed by atoms with Crippen molar-refractivity contribution in [3.63, 3.8) is 0 Å². The van der Waals surface area contributed by atoms with Gasteiger partial charge in [-0.15, -0.1) is 12.4 Å². The highest BCUT2D eigenvalue weighted by Crippen LogP contribution is 2.07. The van der Waals surface area contributed by atoms with Gasteiger partial charge < -0.3 is 10.8 Å². The lowest BCUT2D eigenvalue weighted by Gasteiger charge is -2.12. The van der Waals surface area contributed by atoms with Crippen molar-refractivity contribution in [2.24, 2.45) is 5.73 Å². The van der Waals surface area contributed by atoms with Crippen molar-refractivity contribution < 1.29 is 9.90 Å². The number of aliphatic carboxylic acids is 1. The van der Waals surface area contributed by atoms with Gasteiger partial charge in [0.25, 0.3) is 0 Å². The minimum atomic E-state index is -0.978. The van der Waals surface area contributed by atoms with Crippen LogP contribution >= 0.6 is 25.0 Å². The van der Waals surface area contributed by atoms with Crippen molar-refractivity contribution in [2.75, 3.05) is 0 Å². The second kappa shape index (κ2) is 13.1. The highest BCUT2D eigenvalue weighted by molar-refractivity contribution is 7.81. The van der Waals surface area contributed by atoms with Crippen LogP contribution in [0.1, 0.15) is 40.0 Å². The maximum absolute atomic E-state index is 10.2. The molecule has 0 radical (unpaired) electrons. The van der Waals surface area contributed by atoms with Crippen molar-refractivity contribution in [3.8, 4) is 0 Å². The van der Waals surface area contributed by atoms with Crippen LogP contribution in [-0.2, 0) is 4.79 Å². The van der Waals surface area contributed by atoms with Crippen LogP contribution in [0.5, 0.6) is 0 Å². The Bertz CT molecular complexity index is 136. The summed E-state index contributed by atoms with van der Waals surface area (Å²) in [5.41, 5.74) is 5.27. The smallest absolute Gasteiger partial charge is 0.321 e. The molecule has 0 bridgehead atoms. The highest BCUT2D eigenvalue weighted by atomic mass is 35.5. The molecular formula is C9H22ClNO2S. The molecule has 0 aliphatic heterocycles. The molecule has 5 heteroatoms. The van der Waals surface area contributed by atoms with Crippen molar-refractivity contribution >= 4 is 31.0 Å².